The van der Waals surface area contributed by atoms with Crippen LogP contribution in [0.4, 0.5) is 11.4 Å². The fraction of sp³-hybridized carbons (Fsp3) is 0.250. The monoisotopic (exact) mass is 318 g/mol. The molecular weight excluding hydrogens is 300 g/mol. The second-order valence-corrected chi connectivity index (χ2v) is 4.44. The maximum absolute atomic E-state index is 9.45. The second-order valence-electron chi connectivity index (χ2n) is 4.44. The molecule has 0 fully saturated rings. The van der Waals surface area contributed by atoms with Gasteiger partial charge in [0.2, 0.25) is 5.75 Å². The van der Waals surface area contributed by atoms with Gasteiger partial charge in [0.25, 0.3) is 0 Å². The standard InChI is InChI=1S/C16H18N2O5/c1-20-13-9-11(19)5-6-12(13)18-17-10-7-14(21-2)16(23-4)15(8-10)22-3/h5-9,19H,1-4H3. The Morgan fingerprint density at radius 2 is 1.35 bits per heavy atom. The first kappa shape index (κ1) is 16.4. The zero-order valence-electron chi connectivity index (χ0n) is 13.4. The fourth-order valence-corrected chi connectivity index (χ4v) is 1.99. The molecule has 7 heteroatoms. The van der Waals surface area contributed by atoms with Crippen molar-refractivity contribution in [3.05, 3.63) is 30.3 Å². The summed E-state index contributed by atoms with van der Waals surface area (Å²) in [6, 6.07) is 7.93. The molecule has 0 atom stereocenters. The molecule has 0 heterocycles. The minimum absolute atomic E-state index is 0.0913. The van der Waals surface area contributed by atoms with Crippen LogP contribution in [0.5, 0.6) is 28.7 Å². The Balaban J connectivity index is 2.40. The number of phenolic OH excluding ortho intramolecular Hbond substituents is 1. The summed E-state index contributed by atoms with van der Waals surface area (Å²) in [6.45, 7) is 0. The van der Waals surface area contributed by atoms with E-state index in [0.29, 0.717) is 34.4 Å². The minimum atomic E-state index is 0.0913. The molecule has 0 spiro atoms. The molecule has 0 saturated heterocycles. The Kier molecular flexibility index (Phi) is 5.24. The van der Waals surface area contributed by atoms with E-state index in [4.69, 9.17) is 18.9 Å². The summed E-state index contributed by atoms with van der Waals surface area (Å²) in [6.07, 6.45) is 0. The van der Waals surface area contributed by atoms with Crippen molar-refractivity contribution in [2.45, 2.75) is 0 Å². The lowest BCUT2D eigenvalue weighted by Gasteiger charge is -2.12. The number of methoxy groups -OCH3 is 4. The van der Waals surface area contributed by atoms with Gasteiger partial charge < -0.3 is 24.1 Å². The normalized spacial score (nSPS) is 10.6. The fourth-order valence-electron chi connectivity index (χ4n) is 1.99. The third-order valence-corrected chi connectivity index (χ3v) is 3.09. The van der Waals surface area contributed by atoms with Crippen molar-refractivity contribution in [2.24, 2.45) is 10.2 Å². The van der Waals surface area contributed by atoms with Crippen molar-refractivity contribution >= 4 is 11.4 Å². The first-order valence-electron chi connectivity index (χ1n) is 6.71. The van der Waals surface area contributed by atoms with Gasteiger partial charge >= 0.3 is 0 Å². The van der Waals surface area contributed by atoms with Crippen molar-refractivity contribution in [3.8, 4) is 28.7 Å². The van der Waals surface area contributed by atoms with E-state index >= 15 is 0 Å². The molecule has 0 radical (unpaired) electrons. The van der Waals surface area contributed by atoms with E-state index in [2.05, 4.69) is 10.2 Å². The molecule has 7 nitrogen and oxygen atoms in total. The van der Waals surface area contributed by atoms with E-state index < -0.39 is 0 Å². The highest BCUT2D eigenvalue weighted by Gasteiger charge is 2.13. The molecule has 2 aromatic carbocycles. The maximum atomic E-state index is 9.45. The molecule has 0 aliphatic carbocycles. The Bertz CT molecular complexity index is 691. The highest BCUT2D eigenvalue weighted by Crippen LogP contribution is 2.41. The molecular formula is C16H18N2O5. The number of hydrogen-bond acceptors (Lipinski definition) is 7. The lowest BCUT2D eigenvalue weighted by molar-refractivity contribution is 0.324. The lowest BCUT2D eigenvalue weighted by Crippen LogP contribution is -1.94. The van der Waals surface area contributed by atoms with Gasteiger partial charge in [-0.05, 0) is 12.1 Å². The molecule has 2 aromatic rings. The van der Waals surface area contributed by atoms with Gasteiger partial charge in [0.1, 0.15) is 17.2 Å². The first-order chi connectivity index (χ1) is 11.1. The Morgan fingerprint density at radius 3 is 1.87 bits per heavy atom. The van der Waals surface area contributed by atoms with E-state index in [9.17, 15) is 5.11 Å². The van der Waals surface area contributed by atoms with Gasteiger partial charge in [-0.3, -0.25) is 0 Å². The SMILES string of the molecule is COc1cc(O)ccc1N=Nc1cc(OC)c(OC)c(OC)c1. The van der Waals surface area contributed by atoms with Crippen LogP contribution in [0.1, 0.15) is 0 Å². The summed E-state index contributed by atoms with van der Waals surface area (Å²) in [5.74, 6) is 1.96. The van der Waals surface area contributed by atoms with Crippen LogP contribution in [-0.4, -0.2) is 33.5 Å². The predicted octanol–water partition coefficient (Wildman–Crippen LogP) is 3.84. The summed E-state index contributed by atoms with van der Waals surface area (Å²) in [4.78, 5) is 0. The number of aromatic hydroxyl groups is 1. The van der Waals surface area contributed by atoms with Crippen LogP contribution >= 0.6 is 0 Å². The van der Waals surface area contributed by atoms with Crippen LogP contribution in [0.3, 0.4) is 0 Å². The molecule has 0 aliphatic rings. The smallest absolute Gasteiger partial charge is 0.203 e. The Hall–Kier alpha value is -2.96. The van der Waals surface area contributed by atoms with E-state index in [1.54, 1.807) is 18.2 Å². The van der Waals surface area contributed by atoms with Crippen LogP contribution in [0.25, 0.3) is 0 Å². The summed E-state index contributed by atoms with van der Waals surface area (Å²) >= 11 is 0. The molecule has 0 saturated carbocycles. The van der Waals surface area contributed by atoms with Gasteiger partial charge in [-0.15, -0.1) is 5.11 Å². The van der Waals surface area contributed by atoms with Crippen molar-refractivity contribution < 1.29 is 24.1 Å². The van der Waals surface area contributed by atoms with Crippen LogP contribution < -0.4 is 18.9 Å². The third-order valence-electron chi connectivity index (χ3n) is 3.09. The highest BCUT2D eigenvalue weighted by molar-refractivity contribution is 5.61. The zero-order valence-corrected chi connectivity index (χ0v) is 13.4. The second kappa shape index (κ2) is 7.35. The topological polar surface area (TPSA) is 81.9 Å². The number of azo groups is 1. The van der Waals surface area contributed by atoms with Crippen LogP contribution in [-0.2, 0) is 0 Å². The first-order valence-corrected chi connectivity index (χ1v) is 6.71. The van der Waals surface area contributed by atoms with E-state index in [0.717, 1.165) is 0 Å². The average molecular weight is 318 g/mol. The van der Waals surface area contributed by atoms with E-state index in [1.165, 1.54) is 40.6 Å². The molecule has 0 aliphatic heterocycles. The quantitative estimate of drug-likeness (QED) is 0.818. The summed E-state index contributed by atoms with van der Waals surface area (Å²) in [5.41, 5.74) is 1.01. The number of benzene rings is 2. The van der Waals surface area contributed by atoms with E-state index in [1.807, 2.05) is 0 Å². The predicted molar refractivity (Wildman–Crippen MR) is 84.9 cm³/mol. The molecule has 1 N–H and O–H groups in total. The van der Waals surface area contributed by atoms with Gasteiger partial charge in [0, 0.05) is 18.2 Å². The number of phenols is 1. The van der Waals surface area contributed by atoms with Crippen molar-refractivity contribution in [1.29, 1.82) is 0 Å². The van der Waals surface area contributed by atoms with Crippen LogP contribution in [0, 0.1) is 0 Å². The molecule has 2 rings (SSSR count). The van der Waals surface area contributed by atoms with Crippen molar-refractivity contribution in [2.75, 3.05) is 28.4 Å². The van der Waals surface area contributed by atoms with Crippen molar-refractivity contribution in [1.82, 2.24) is 0 Å². The largest absolute Gasteiger partial charge is 0.508 e. The molecule has 0 aromatic heterocycles. The maximum Gasteiger partial charge on any atom is 0.203 e. The van der Waals surface area contributed by atoms with Crippen LogP contribution in [0.2, 0.25) is 0 Å². The third kappa shape index (κ3) is 3.63. The molecule has 0 amide bonds. The van der Waals surface area contributed by atoms with Gasteiger partial charge in [-0.25, -0.2) is 0 Å². The van der Waals surface area contributed by atoms with Gasteiger partial charge in [0.05, 0.1) is 34.1 Å². The average Bonchev–Trinajstić information content (AvgIpc) is 2.59. The Labute approximate surface area is 134 Å². The molecule has 0 bridgehead atoms. The number of ether oxygens (including phenoxy) is 4. The molecule has 23 heavy (non-hydrogen) atoms. The number of hydrogen-bond donors (Lipinski definition) is 1. The van der Waals surface area contributed by atoms with Gasteiger partial charge in [-0.1, -0.05) is 0 Å². The Morgan fingerprint density at radius 1 is 0.739 bits per heavy atom. The summed E-state index contributed by atoms with van der Waals surface area (Å²) in [7, 11) is 6.08. The van der Waals surface area contributed by atoms with Crippen LogP contribution in [0.15, 0.2) is 40.6 Å². The number of rotatable bonds is 6. The molecule has 122 valence electrons. The number of nitrogens with zero attached hydrogens (tertiary/aromatic N) is 2. The summed E-state index contributed by atoms with van der Waals surface area (Å²) in [5, 5.41) is 17.7. The van der Waals surface area contributed by atoms with Gasteiger partial charge in [-0.2, -0.15) is 5.11 Å². The highest BCUT2D eigenvalue weighted by atomic mass is 16.5. The minimum Gasteiger partial charge on any atom is -0.508 e. The van der Waals surface area contributed by atoms with Crippen molar-refractivity contribution in [3.63, 3.8) is 0 Å². The summed E-state index contributed by atoms with van der Waals surface area (Å²) < 4.78 is 20.9. The van der Waals surface area contributed by atoms with Gasteiger partial charge in [0.15, 0.2) is 11.5 Å². The zero-order chi connectivity index (χ0) is 16.8. The van der Waals surface area contributed by atoms with E-state index in [-0.39, 0.29) is 5.75 Å². The molecule has 0 unspecified atom stereocenters. The lowest BCUT2D eigenvalue weighted by atomic mass is 10.2.